The van der Waals surface area contributed by atoms with Crippen molar-refractivity contribution < 1.29 is 4.79 Å². The number of nitrogens with one attached hydrogen (secondary N) is 2. The van der Waals surface area contributed by atoms with Gasteiger partial charge in [-0.05, 0) is 49.9 Å². The molecule has 0 saturated heterocycles. The number of amides is 1. The lowest BCUT2D eigenvalue weighted by atomic mass is 10.1. The Labute approximate surface area is 125 Å². The molecule has 0 spiro atoms. The predicted molar refractivity (Wildman–Crippen MR) is 85.0 cm³/mol. The summed E-state index contributed by atoms with van der Waals surface area (Å²) in [5.74, 6) is 1.39. The maximum Gasteiger partial charge on any atom is 0.230 e. The molecule has 2 rings (SSSR count). The van der Waals surface area contributed by atoms with Gasteiger partial charge in [-0.2, -0.15) is 0 Å². The molecule has 4 heteroatoms. The third-order valence-electron chi connectivity index (χ3n) is 3.52. The minimum Gasteiger partial charge on any atom is -0.355 e. The van der Waals surface area contributed by atoms with E-state index in [9.17, 15) is 4.79 Å². The molecule has 0 heterocycles. The van der Waals surface area contributed by atoms with E-state index in [0.29, 0.717) is 11.8 Å². The second-order valence-electron chi connectivity index (χ2n) is 5.39. The van der Waals surface area contributed by atoms with Crippen LogP contribution in [0.4, 0.5) is 0 Å². The van der Waals surface area contributed by atoms with Gasteiger partial charge in [0.15, 0.2) is 0 Å². The Morgan fingerprint density at radius 3 is 2.95 bits per heavy atom. The van der Waals surface area contributed by atoms with E-state index in [4.69, 9.17) is 0 Å². The summed E-state index contributed by atoms with van der Waals surface area (Å²) in [5, 5.41) is 6.41. The van der Waals surface area contributed by atoms with E-state index in [-0.39, 0.29) is 5.91 Å². The van der Waals surface area contributed by atoms with E-state index in [1.807, 2.05) is 0 Å². The van der Waals surface area contributed by atoms with Gasteiger partial charge in [0.1, 0.15) is 0 Å². The number of carbonyl (C=O) groups is 1. The summed E-state index contributed by atoms with van der Waals surface area (Å²) in [6, 6.07) is 8.79. The highest BCUT2D eigenvalue weighted by Gasteiger charge is 2.21. The highest BCUT2D eigenvalue weighted by atomic mass is 32.2. The van der Waals surface area contributed by atoms with E-state index in [1.54, 1.807) is 11.8 Å². The van der Waals surface area contributed by atoms with Gasteiger partial charge in [0.05, 0.1) is 5.75 Å². The molecule has 1 aromatic carbocycles. The summed E-state index contributed by atoms with van der Waals surface area (Å²) in [7, 11) is 0. The normalized spacial score (nSPS) is 15.9. The van der Waals surface area contributed by atoms with Crippen LogP contribution >= 0.6 is 11.8 Å². The molecule has 1 saturated carbocycles. The molecule has 0 radical (unpaired) electrons. The van der Waals surface area contributed by atoms with Crippen LogP contribution in [-0.2, 0) is 4.79 Å². The molecule has 1 aliphatic rings. The molecular weight excluding hydrogens is 268 g/mol. The minimum absolute atomic E-state index is 0.145. The fourth-order valence-electron chi connectivity index (χ4n) is 2.08. The van der Waals surface area contributed by atoms with Gasteiger partial charge in [-0.1, -0.05) is 19.1 Å². The van der Waals surface area contributed by atoms with Crippen molar-refractivity contribution in [3.8, 4) is 0 Å². The maximum atomic E-state index is 11.7. The zero-order valence-electron chi connectivity index (χ0n) is 12.3. The number of rotatable bonds is 8. The fraction of sp³-hybridized carbons (Fsp3) is 0.562. The van der Waals surface area contributed by atoms with Gasteiger partial charge in [0.25, 0.3) is 0 Å². The largest absolute Gasteiger partial charge is 0.355 e. The van der Waals surface area contributed by atoms with Crippen LogP contribution in [0.3, 0.4) is 0 Å². The summed E-state index contributed by atoms with van der Waals surface area (Å²) in [6.45, 7) is 6.09. The van der Waals surface area contributed by atoms with Gasteiger partial charge < -0.3 is 10.6 Å². The summed E-state index contributed by atoms with van der Waals surface area (Å²) >= 11 is 1.61. The average molecular weight is 292 g/mol. The summed E-state index contributed by atoms with van der Waals surface area (Å²) in [5.41, 5.74) is 1.27. The highest BCUT2D eigenvalue weighted by Crippen LogP contribution is 2.27. The van der Waals surface area contributed by atoms with Crippen molar-refractivity contribution in [1.82, 2.24) is 10.6 Å². The summed E-state index contributed by atoms with van der Waals surface area (Å²) in [4.78, 5) is 12.9. The van der Waals surface area contributed by atoms with Gasteiger partial charge in [-0.3, -0.25) is 4.79 Å². The lowest BCUT2D eigenvalue weighted by molar-refractivity contribution is -0.118. The Morgan fingerprint density at radius 1 is 1.45 bits per heavy atom. The number of hydrogen-bond donors (Lipinski definition) is 2. The molecule has 0 aliphatic heterocycles. The van der Waals surface area contributed by atoms with Gasteiger partial charge in [0, 0.05) is 17.5 Å². The molecule has 20 heavy (non-hydrogen) atoms. The highest BCUT2D eigenvalue weighted by molar-refractivity contribution is 8.00. The molecule has 3 nitrogen and oxygen atoms in total. The Kier molecular flexibility index (Phi) is 5.92. The summed E-state index contributed by atoms with van der Waals surface area (Å²) in [6.07, 6.45) is 2.55. The Balaban J connectivity index is 1.79. The Bertz CT molecular complexity index is 446. The number of benzene rings is 1. The zero-order chi connectivity index (χ0) is 14.4. The van der Waals surface area contributed by atoms with Crippen LogP contribution in [-0.4, -0.2) is 24.7 Å². The van der Waals surface area contributed by atoms with Gasteiger partial charge in [-0.25, -0.2) is 0 Å². The second-order valence-corrected chi connectivity index (χ2v) is 6.44. The van der Waals surface area contributed by atoms with Crippen molar-refractivity contribution in [2.24, 2.45) is 5.92 Å². The van der Waals surface area contributed by atoms with Crippen LogP contribution in [0.25, 0.3) is 0 Å². The first kappa shape index (κ1) is 15.4. The minimum atomic E-state index is 0.145. The summed E-state index contributed by atoms with van der Waals surface area (Å²) < 4.78 is 0. The zero-order valence-corrected chi connectivity index (χ0v) is 13.1. The first-order valence-electron chi connectivity index (χ1n) is 7.42. The third-order valence-corrected chi connectivity index (χ3v) is 4.52. The van der Waals surface area contributed by atoms with Crippen molar-refractivity contribution in [3.05, 3.63) is 29.8 Å². The van der Waals surface area contributed by atoms with Crippen LogP contribution in [0, 0.1) is 5.92 Å². The Hall–Kier alpha value is -1.00. The third kappa shape index (κ3) is 5.17. The molecular formula is C16H24N2OS. The monoisotopic (exact) mass is 292 g/mol. The SMILES string of the molecule is CCNC(C)c1cccc(SCC(=O)NCC2CC2)c1. The quantitative estimate of drug-likeness (QED) is 0.724. The van der Waals surface area contributed by atoms with Crippen molar-refractivity contribution in [2.45, 2.75) is 37.6 Å². The molecule has 1 atom stereocenters. The van der Waals surface area contributed by atoms with Crippen molar-refractivity contribution in [2.75, 3.05) is 18.8 Å². The van der Waals surface area contributed by atoms with Crippen LogP contribution < -0.4 is 10.6 Å². The van der Waals surface area contributed by atoms with E-state index in [1.165, 1.54) is 18.4 Å². The van der Waals surface area contributed by atoms with Crippen LogP contribution in [0.1, 0.15) is 38.3 Å². The maximum absolute atomic E-state index is 11.7. The van der Waals surface area contributed by atoms with Crippen LogP contribution in [0.5, 0.6) is 0 Å². The number of hydrogen-bond acceptors (Lipinski definition) is 3. The topological polar surface area (TPSA) is 41.1 Å². The molecule has 0 bridgehead atoms. The van der Waals surface area contributed by atoms with E-state index in [2.05, 4.69) is 48.7 Å². The molecule has 1 aromatic rings. The molecule has 1 unspecified atom stereocenters. The molecule has 110 valence electrons. The first-order valence-corrected chi connectivity index (χ1v) is 8.40. The van der Waals surface area contributed by atoms with Crippen molar-refractivity contribution >= 4 is 17.7 Å². The lowest BCUT2D eigenvalue weighted by Crippen LogP contribution is -2.27. The van der Waals surface area contributed by atoms with E-state index >= 15 is 0 Å². The van der Waals surface area contributed by atoms with Gasteiger partial charge >= 0.3 is 0 Å². The Morgan fingerprint density at radius 2 is 2.25 bits per heavy atom. The van der Waals surface area contributed by atoms with Crippen LogP contribution in [0.2, 0.25) is 0 Å². The van der Waals surface area contributed by atoms with Gasteiger partial charge in [0.2, 0.25) is 5.91 Å². The van der Waals surface area contributed by atoms with Crippen molar-refractivity contribution in [1.29, 1.82) is 0 Å². The standard InChI is InChI=1S/C16H24N2OS/c1-3-17-12(2)14-5-4-6-15(9-14)20-11-16(19)18-10-13-7-8-13/h4-6,9,12-13,17H,3,7-8,10-11H2,1-2H3,(H,18,19). The van der Waals surface area contributed by atoms with E-state index < -0.39 is 0 Å². The predicted octanol–water partition coefficient (Wildman–Crippen LogP) is 2.98. The van der Waals surface area contributed by atoms with Gasteiger partial charge in [-0.15, -0.1) is 11.8 Å². The van der Waals surface area contributed by atoms with Crippen molar-refractivity contribution in [3.63, 3.8) is 0 Å². The van der Waals surface area contributed by atoms with Crippen LogP contribution in [0.15, 0.2) is 29.2 Å². The molecule has 0 aromatic heterocycles. The first-order chi connectivity index (χ1) is 9.69. The lowest BCUT2D eigenvalue weighted by Gasteiger charge is -2.13. The second kappa shape index (κ2) is 7.70. The smallest absolute Gasteiger partial charge is 0.230 e. The number of thioether (sulfide) groups is 1. The molecule has 1 fully saturated rings. The molecule has 1 aliphatic carbocycles. The van der Waals surface area contributed by atoms with E-state index in [0.717, 1.165) is 23.9 Å². The average Bonchev–Trinajstić information content (AvgIpc) is 3.28. The molecule has 1 amide bonds. The molecule has 2 N–H and O–H groups in total. The number of carbonyl (C=O) groups excluding carboxylic acids is 1. The fourth-order valence-corrected chi connectivity index (χ4v) is 2.87.